The minimum atomic E-state index is -0.132. The lowest BCUT2D eigenvalue weighted by Gasteiger charge is -2.29. The van der Waals surface area contributed by atoms with Crippen LogP contribution >= 0.6 is 0 Å². The summed E-state index contributed by atoms with van der Waals surface area (Å²) in [6.07, 6.45) is 0.930. The molecule has 1 aromatic carbocycles. The summed E-state index contributed by atoms with van der Waals surface area (Å²) < 4.78 is 0. The van der Waals surface area contributed by atoms with Crippen LogP contribution in [0.3, 0.4) is 0 Å². The van der Waals surface area contributed by atoms with Crippen LogP contribution in [0.5, 0.6) is 0 Å². The molecule has 3 nitrogen and oxygen atoms in total. The van der Waals surface area contributed by atoms with Gasteiger partial charge in [-0.1, -0.05) is 37.3 Å². The Hall–Kier alpha value is -1.35. The standard InChI is InChI=1S/C17H28N2O/c1-6-17(4,5)18-16(20)13-19(14(2)3)12-15-10-8-7-9-11-15/h7-11,14H,6,12-13H2,1-5H3,(H,18,20). The van der Waals surface area contributed by atoms with Gasteiger partial charge in [-0.15, -0.1) is 0 Å². The first-order valence-corrected chi connectivity index (χ1v) is 7.43. The predicted octanol–water partition coefficient (Wildman–Crippen LogP) is 3.20. The predicted molar refractivity (Wildman–Crippen MR) is 84.5 cm³/mol. The third kappa shape index (κ3) is 5.74. The third-order valence-corrected chi connectivity index (χ3v) is 3.67. The van der Waals surface area contributed by atoms with Crippen molar-refractivity contribution in [3.05, 3.63) is 35.9 Å². The van der Waals surface area contributed by atoms with Crippen molar-refractivity contribution in [2.75, 3.05) is 6.54 Å². The van der Waals surface area contributed by atoms with Gasteiger partial charge in [0.05, 0.1) is 6.54 Å². The Morgan fingerprint density at radius 2 is 1.85 bits per heavy atom. The maximum Gasteiger partial charge on any atom is 0.234 e. The Labute approximate surface area is 123 Å². The van der Waals surface area contributed by atoms with Crippen molar-refractivity contribution in [3.63, 3.8) is 0 Å². The quantitative estimate of drug-likeness (QED) is 0.829. The van der Waals surface area contributed by atoms with Crippen LogP contribution in [0.2, 0.25) is 0 Å². The molecule has 0 fully saturated rings. The number of hydrogen-bond acceptors (Lipinski definition) is 2. The summed E-state index contributed by atoms with van der Waals surface area (Å²) in [6, 6.07) is 10.6. The number of carbonyl (C=O) groups is 1. The Kier molecular flexibility index (Phi) is 6.21. The van der Waals surface area contributed by atoms with E-state index < -0.39 is 0 Å². The summed E-state index contributed by atoms with van der Waals surface area (Å²) in [7, 11) is 0. The van der Waals surface area contributed by atoms with Crippen molar-refractivity contribution >= 4 is 5.91 Å². The summed E-state index contributed by atoms with van der Waals surface area (Å²) in [5.41, 5.74) is 1.11. The van der Waals surface area contributed by atoms with Gasteiger partial charge >= 0.3 is 0 Å². The second-order valence-corrected chi connectivity index (χ2v) is 6.27. The molecular weight excluding hydrogens is 248 g/mol. The van der Waals surface area contributed by atoms with Crippen molar-refractivity contribution in [2.45, 2.75) is 59.2 Å². The summed E-state index contributed by atoms with van der Waals surface area (Å²) >= 11 is 0. The summed E-state index contributed by atoms with van der Waals surface area (Å²) in [5, 5.41) is 3.10. The highest BCUT2D eigenvalue weighted by molar-refractivity contribution is 5.78. The molecule has 0 saturated heterocycles. The minimum Gasteiger partial charge on any atom is -0.350 e. The normalized spacial score (nSPS) is 11.9. The van der Waals surface area contributed by atoms with Gasteiger partial charge in [0.15, 0.2) is 0 Å². The van der Waals surface area contributed by atoms with E-state index in [0.717, 1.165) is 13.0 Å². The molecule has 0 aromatic heterocycles. The highest BCUT2D eigenvalue weighted by Crippen LogP contribution is 2.10. The number of nitrogens with one attached hydrogen (secondary N) is 1. The number of benzene rings is 1. The van der Waals surface area contributed by atoms with Gasteiger partial charge in [-0.25, -0.2) is 0 Å². The average molecular weight is 276 g/mol. The van der Waals surface area contributed by atoms with Crippen molar-refractivity contribution < 1.29 is 4.79 Å². The summed E-state index contributed by atoms with van der Waals surface area (Å²) in [6.45, 7) is 11.7. The van der Waals surface area contributed by atoms with Gasteiger partial charge in [0.25, 0.3) is 0 Å². The van der Waals surface area contributed by atoms with Gasteiger partial charge in [0.1, 0.15) is 0 Å². The van der Waals surface area contributed by atoms with E-state index in [1.165, 1.54) is 5.56 Å². The highest BCUT2D eigenvalue weighted by atomic mass is 16.2. The molecule has 1 aromatic rings. The topological polar surface area (TPSA) is 32.3 Å². The van der Waals surface area contributed by atoms with Crippen LogP contribution in [0, 0.1) is 0 Å². The van der Waals surface area contributed by atoms with Gasteiger partial charge in [-0.3, -0.25) is 9.69 Å². The number of amides is 1. The molecule has 0 bridgehead atoms. The lowest BCUT2D eigenvalue weighted by molar-refractivity contribution is -0.124. The maximum atomic E-state index is 12.2. The second-order valence-electron chi connectivity index (χ2n) is 6.27. The molecule has 1 N–H and O–H groups in total. The van der Waals surface area contributed by atoms with E-state index in [1.807, 2.05) is 18.2 Å². The van der Waals surface area contributed by atoms with Crippen LogP contribution in [0.15, 0.2) is 30.3 Å². The average Bonchev–Trinajstić information content (AvgIpc) is 2.38. The smallest absolute Gasteiger partial charge is 0.234 e. The molecule has 1 amide bonds. The molecule has 0 radical (unpaired) electrons. The highest BCUT2D eigenvalue weighted by Gasteiger charge is 2.20. The molecule has 0 aliphatic heterocycles. The van der Waals surface area contributed by atoms with Crippen molar-refractivity contribution in [1.82, 2.24) is 10.2 Å². The summed E-state index contributed by atoms with van der Waals surface area (Å²) in [5.74, 6) is 0.0986. The van der Waals surface area contributed by atoms with Gasteiger partial charge in [-0.2, -0.15) is 0 Å². The Morgan fingerprint density at radius 3 is 2.35 bits per heavy atom. The molecule has 0 spiro atoms. The van der Waals surface area contributed by atoms with Gasteiger partial charge in [0, 0.05) is 18.1 Å². The van der Waals surface area contributed by atoms with E-state index in [0.29, 0.717) is 12.6 Å². The van der Waals surface area contributed by atoms with Crippen LogP contribution in [0.25, 0.3) is 0 Å². The van der Waals surface area contributed by atoms with Gasteiger partial charge in [-0.05, 0) is 39.7 Å². The Morgan fingerprint density at radius 1 is 1.25 bits per heavy atom. The molecule has 0 atom stereocenters. The van der Waals surface area contributed by atoms with Crippen LogP contribution < -0.4 is 5.32 Å². The fraction of sp³-hybridized carbons (Fsp3) is 0.588. The number of carbonyl (C=O) groups excluding carboxylic acids is 1. The van der Waals surface area contributed by atoms with Gasteiger partial charge < -0.3 is 5.32 Å². The lowest BCUT2D eigenvalue weighted by atomic mass is 10.0. The van der Waals surface area contributed by atoms with E-state index in [4.69, 9.17) is 0 Å². The minimum absolute atomic E-state index is 0.0986. The number of rotatable bonds is 7. The fourth-order valence-electron chi connectivity index (χ4n) is 1.93. The third-order valence-electron chi connectivity index (χ3n) is 3.67. The van der Waals surface area contributed by atoms with Gasteiger partial charge in [0.2, 0.25) is 5.91 Å². The molecule has 20 heavy (non-hydrogen) atoms. The lowest BCUT2D eigenvalue weighted by Crippen LogP contribution is -2.48. The summed E-state index contributed by atoms with van der Waals surface area (Å²) in [4.78, 5) is 14.4. The number of hydrogen-bond donors (Lipinski definition) is 1. The van der Waals surface area contributed by atoms with Crippen molar-refractivity contribution in [1.29, 1.82) is 0 Å². The monoisotopic (exact) mass is 276 g/mol. The van der Waals surface area contributed by atoms with Crippen LogP contribution in [-0.4, -0.2) is 28.9 Å². The van der Waals surface area contributed by atoms with E-state index in [1.54, 1.807) is 0 Å². The van der Waals surface area contributed by atoms with Crippen molar-refractivity contribution in [2.24, 2.45) is 0 Å². The largest absolute Gasteiger partial charge is 0.350 e. The molecule has 0 unspecified atom stereocenters. The zero-order valence-corrected chi connectivity index (χ0v) is 13.4. The van der Waals surface area contributed by atoms with Crippen LogP contribution in [-0.2, 0) is 11.3 Å². The van der Waals surface area contributed by atoms with Crippen LogP contribution in [0.4, 0.5) is 0 Å². The number of nitrogens with zero attached hydrogens (tertiary/aromatic N) is 1. The molecule has 0 heterocycles. The van der Waals surface area contributed by atoms with Crippen LogP contribution in [0.1, 0.15) is 46.6 Å². The molecule has 0 aliphatic rings. The van der Waals surface area contributed by atoms with Crippen molar-refractivity contribution in [3.8, 4) is 0 Å². The molecule has 0 saturated carbocycles. The second kappa shape index (κ2) is 7.44. The van der Waals surface area contributed by atoms with E-state index >= 15 is 0 Å². The Bertz CT molecular complexity index is 412. The molecule has 112 valence electrons. The Balaban J connectivity index is 2.62. The molecule has 0 aliphatic carbocycles. The van der Waals surface area contributed by atoms with E-state index in [-0.39, 0.29) is 11.4 Å². The molecule has 1 rings (SSSR count). The first-order valence-electron chi connectivity index (χ1n) is 7.43. The van der Waals surface area contributed by atoms with E-state index in [9.17, 15) is 4.79 Å². The zero-order chi connectivity index (χ0) is 15.2. The first kappa shape index (κ1) is 16.7. The van der Waals surface area contributed by atoms with E-state index in [2.05, 4.69) is 57.0 Å². The zero-order valence-electron chi connectivity index (χ0n) is 13.4. The molecule has 3 heteroatoms. The fourth-order valence-corrected chi connectivity index (χ4v) is 1.93. The first-order chi connectivity index (χ1) is 9.34. The molecular formula is C17H28N2O. The maximum absolute atomic E-state index is 12.2. The SMILES string of the molecule is CCC(C)(C)NC(=O)CN(Cc1ccccc1)C(C)C.